The molecule has 1 N–H and O–H groups in total. The fourth-order valence-electron chi connectivity index (χ4n) is 2.23. The summed E-state index contributed by atoms with van der Waals surface area (Å²) in [5.41, 5.74) is 1.71. The van der Waals surface area contributed by atoms with Crippen molar-refractivity contribution in [2.24, 2.45) is 0 Å². The zero-order valence-electron chi connectivity index (χ0n) is 13.5. The van der Waals surface area contributed by atoms with Gasteiger partial charge >= 0.3 is 0 Å². The number of ether oxygens (including phenoxy) is 1. The topological polar surface area (TPSA) is 71.8 Å². The van der Waals surface area contributed by atoms with E-state index in [1.807, 2.05) is 25.1 Å². The first-order valence-electron chi connectivity index (χ1n) is 7.27. The molecule has 122 valence electrons. The van der Waals surface area contributed by atoms with Crippen molar-refractivity contribution in [1.82, 2.24) is 5.32 Å². The average Bonchev–Trinajstić information content (AvgIpc) is 3.05. The molecule has 0 spiro atoms. The van der Waals surface area contributed by atoms with E-state index in [1.54, 1.807) is 24.1 Å². The van der Waals surface area contributed by atoms with Crippen LogP contribution in [0.4, 0.5) is 5.69 Å². The summed E-state index contributed by atoms with van der Waals surface area (Å²) in [6.45, 7) is 4.06. The molecule has 0 unspecified atom stereocenters. The van der Waals surface area contributed by atoms with E-state index in [0.29, 0.717) is 24.5 Å². The Hall–Kier alpha value is -2.76. The summed E-state index contributed by atoms with van der Waals surface area (Å²) in [4.78, 5) is 25.4. The predicted molar refractivity (Wildman–Crippen MR) is 86.8 cm³/mol. The van der Waals surface area contributed by atoms with E-state index >= 15 is 0 Å². The number of aryl methyl sites for hydroxylation is 1. The Labute approximate surface area is 135 Å². The van der Waals surface area contributed by atoms with Crippen LogP contribution in [0.1, 0.15) is 23.0 Å². The lowest BCUT2D eigenvalue weighted by molar-refractivity contribution is -0.116. The van der Waals surface area contributed by atoms with Gasteiger partial charge in [0.25, 0.3) is 5.91 Å². The normalized spacial score (nSPS) is 10.2. The van der Waals surface area contributed by atoms with Crippen molar-refractivity contribution >= 4 is 17.5 Å². The smallest absolute Gasteiger partial charge is 0.287 e. The van der Waals surface area contributed by atoms with Gasteiger partial charge in [0.2, 0.25) is 5.91 Å². The first-order chi connectivity index (χ1) is 11.0. The number of furan rings is 1. The number of nitrogens with zero attached hydrogens (tertiary/aromatic N) is 1. The summed E-state index contributed by atoms with van der Waals surface area (Å²) in [6, 6.07) is 8.85. The Morgan fingerprint density at radius 1 is 1.30 bits per heavy atom. The molecule has 0 aliphatic rings. The Kier molecular flexibility index (Phi) is 5.41. The van der Waals surface area contributed by atoms with Gasteiger partial charge in [-0.3, -0.25) is 9.59 Å². The van der Waals surface area contributed by atoms with Crippen molar-refractivity contribution in [3.8, 4) is 5.75 Å². The Morgan fingerprint density at radius 3 is 2.70 bits per heavy atom. The third-order valence-electron chi connectivity index (χ3n) is 3.37. The lowest BCUT2D eigenvalue weighted by Gasteiger charge is -2.23. The molecule has 2 rings (SSSR count). The van der Waals surface area contributed by atoms with E-state index in [9.17, 15) is 9.59 Å². The zero-order chi connectivity index (χ0) is 16.8. The third-order valence-corrected chi connectivity index (χ3v) is 3.37. The Balaban J connectivity index is 2.06. The van der Waals surface area contributed by atoms with Crippen molar-refractivity contribution in [2.75, 3.05) is 25.1 Å². The van der Waals surface area contributed by atoms with Gasteiger partial charge in [-0.1, -0.05) is 6.07 Å². The van der Waals surface area contributed by atoms with Crippen LogP contribution in [-0.4, -0.2) is 32.0 Å². The maximum Gasteiger partial charge on any atom is 0.287 e. The molecule has 0 saturated heterocycles. The molecule has 0 atom stereocenters. The zero-order valence-corrected chi connectivity index (χ0v) is 13.5. The number of benzene rings is 1. The number of carbonyl (C=O) groups is 2. The highest BCUT2D eigenvalue weighted by molar-refractivity contribution is 5.94. The fraction of sp³-hybridized carbons (Fsp3) is 0.294. The molecule has 0 fully saturated rings. The second-order valence-corrected chi connectivity index (χ2v) is 5.08. The second kappa shape index (κ2) is 7.49. The lowest BCUT2D eigenvalue weighted by atomic mass is 10.2. The molecule has 23 heavy (non-hydrogen) atoms. The molecule has 2 aromatic rings. The van der Waals surface area contributed by atoms with Crippen molar-refractivity contribution in [2.45, 2.75) is 13.8 Å². The molecule has 6 heteroatoms. The monoisotopic (exact) mass is 316 g/mol. The van der Waals surface area contributed by atoms with Crippen LogP contribution in [0.2, 0.25) is 0 Å². The summed E-state index contributed by atoms with van der Waals surface area (Å²) >= 11 is 0. The van der Waals surface area contributed by atoms with Crippen LogP contribution in [-0.2, 0) is 4.79 Å². The highest BCUT2D eigenvalue weighted by Gasteiger charge is 2.17. The number of amides is 2. The average molecular weight is 316 g/mol. The SMILES string of the molecule is COc1ccc(C)cc1N(CCNC(=O)c1ccco1)C(C)=O. The molecule has 2 amide bonds. The summed E-state index contributed by atoms with van der Waals surface area (Å²) in [5.74, 6) is 0.423. The van der Waals surface area contributed by atoms with E-state index in [-0.39, 0.29) is 17.6 Å². The second-order valence-electron chi connectivity index (χ2n) is 5.08. The van der Waals surface area contributed by atoms with Crippen LogP contribution in [0, 0.1) is 6.92 Å². The van der Waals surface area contributed by atoms with E-state index in [4.69, 9.17) is 9.15 Å². The lowest BCUT2D eigenvalue weighted by Crippen LogP contribution is -2.37. The standard InChI is InChI=1S/C17H20N2O4/c1-12-6-7-15(22-3)14(11-12)19(13(2)20)9-8-18-17(21)16-5-4-10-23-16/h4-7,10-11H,8-9H2,1-3H3,(H,18,21). The quantitative estimate of drug-likeness (QED) is 0.888. The minimum Gasteiger partial charge on any atom is -0.495 e. The van der Waals surface area contributed by atoms with Gasteiger partial charge in [-0.15, -0.1) is 0 Å². The molecule has 0 aliphatic heterocycles. The highest BCUT2D eigenvalue weighted by Crippen LogP contribution is 2.29. The first kappa shape index (κ1) is 16.6. The van der Waals surface area contributed by atoms with Gasteiger partial charge in [-0.25, -0.2) is 0 Å². The van der Waals surface area contributed by atoms with Crippen molar-refractivity contribution in [1.29, 1.82) is 0 Å². The molecule has 0 aliphatic carbocycles. The number of rotatable bonds is 6. The largest absolute Gasteiger partial charge is 0.495 e. The van der Waals surface area contributed by atoms with Crippen LogP contribution < -0.4 is 15.0 Å². The van der Waals surface area contributed by atoms with Crippen molar-refractivity contribution in [3.05, 3.63) is 47.9 Å². The molecular weight excluding hydrogens is 296 g/mol. The molecule has 1 aromatic carbocycles. The Bertz CT molecular complexity index is 680. The van der Waals surface area contributed by atoms with Gasteiger partial charge in [0.1, 0.15) is 5.75 Å². The van der Waals surface area contributed by atoms with Crippen LogP contribution in [0.5, 0.6) is 5.75 Å². The van der Waals surface area contributed by atoms with Gasteiger partial charge in [0, 0.05) is 20.0 Å². The maximum atomic E-state index is 12.0. The Morgan fingerprint density at radius 2 is 2.09 bits per heavy atom. The number of anilines is 1. The van der Waals surface area contributed by atoms with Gasteiger partial charge < -0.3 is 19.4 Å². The number of hydrogen-bond donors (Lipinski definition) is 1. The highest BCUT2D eigenvalue weighted by atomic mass is 16.5. The molecule has 0 saturated carbocycles. The fourth-order valence-corrected chi connectivity index (χ4v) is 2.23. The number of nitrogens with one attached hydrogen (secondary N) is 1. The van der Waals surface area contributed by atoms with Gasteiger partial charge in [-0.05, 0) is 36.8 Å². The minimum absolute atomic E-state index is 0.124. The van der Waals surface area contributed by atoms with Crippen LogP contribution in [0.15, 0.2) is 41.0 Å². The predicted octanol–water partition coefficient (Wildman–Crippen LogP) is 2.38. The van der Waals surface area contributed by atoms with Crippen molar-refractivity contribution in [3.63, 3.8) is 0 Å². The number of methoxy groups -OCH3 is 1. The molecule has 1 aromatic heterocycles. The number of carbonyl (C=O) groups excluding carboxylic acids is 2. The molecular formula is C17H20N2O4. The number of hydrogen-bond acceptors (Lipinski definition) is 4. The minimum atomic E-state index is -0.310. The van der Waals surface area contributed by atoms with Gasteiger partial charge in [0.15, 0.2) is 5.76 Å². The van der Waals surface area contributed by atoms with Crippen LogP contribution >= 0.6 is 0 Å². The molecule has 0 bridgehead atoms. The van der Waals surface area contributed by atoms with E-state index in [2.05, 4.69) is 5.32 Å². The molecule has 0 radical (unpaired) electrons. The summed E-state index contributed by atoms with van der Waals surface area (Å²) in [7, 11) is 1.56. The van der Waals surface area contributed by atoms with Crippen LogP contribution in [0.25, 0.3) is 0 Å². The molecule has 6 nitrogen and oxygen atoms in total. The van der Waals surface area contributed by atoms with E-state index in [0.717, 1.165) is 5.56 Å². The summed E-state index contributed by atoms with van der Waals surface area (Å²) < 4.78 is 10.3. The van der Waals surface area contributed by atoms with Crippen LogP contribution in [0.3, 0.4) is 0 Å². The maximum absolute atomic E-state index is 12.0. The van der Waals surface area contributed by atoms with Gasteiger partial charge in [-0.2, -0.15) is 0 Å². The van der Waals surface area contributed by atoms with E-state index in [1.165, 1.54) is 13.2 Å². The third kappa shape index (κ3) is 4.12. The first-order valence-corrected chi connectivity index (χ1v) is 7.27. The van der Waals surface area contributed by atoms with Gasteiger partial charge in [0.05, 0.1) is 19.1 Å². The van der Waals surface area contributed by atoms with Crippen molar-refractivity contribution < 1.29 is 18.7 Å². The summed E-state index contributed by atoms with van der Waals surface area (Å²) in [5, 5.41) is 2.72. The molecule has 1 heterocycles. The summed E-state index contributed by atoms with van der Waals surface area (Å²) in [6.07, 6.45) is 1.44. The van der Waals surface area contributed by atoms with E-state index < -0.39 is 0 Å².